The van der Waals surface area contributed by atoms with Gasteiger partial charge in [-0.15, -0.1) is 0 Å². The minimum Gasteiger partial charge on any atom is -0.427 e. The van der Waals surface area contributed by atoms with Crippen LogP contribution in [0.4, 0.5) is 8.78 Å². The molecule has 0 radical (unpaired) electrons. The molecule has 0 aliphatic rings. The molecule has 1 aromatic rings. The molecule has 0 bridgehead atoms. The smallest absolute Gasteiger partial charge is 0.408 e. The van der Waals surface area contributed by atoms with Crippen molar-refractivity contribution < 1.29 is 13.5 Å². The van der Waals surface area contributed by atoms with Gasteiger partial charge in [-0.25, -0.2) is 4.98 Å². The summed E-state index contributed by atoms with van der Waals surface area (Å²) in [6.45, 7) is 1.74. The Labute approximate surface area is 85.0 Å². The molecule has 1 atom stereocenters. The highest BCUT2D eigenvalue weighted by atomic mass is 79.9. The third-order valence-electron chi connectivity index (χ3n) is 1.19. The first-order valence-corrected chi connectivity index (χ1v) is 4.73. The van der Waals surface area contributed by atoms with Gasteiger partial charge in [-0.3, -0.25) is 0 Å². The summed E-state index contributed by atoms with van der Waals surface area (Å²) < 4.78 is 29.4. The number of hydrogen-bond acceptors (Lipinski definition) is 2. The second-order valence-corrected chi connectivity index (χ2v) is 3.89. The van der Waals surface area contributed by atoms with Crippen molar-refractivity contribution in [1.29, 1.82) is 0 Å². The number of hydrogen-bond donors (Lipinski definition) is 0. The minimum absolute atomic E-state index is 0.0278. The molecule has 0 saturated heterocycles. The summed E-state index contributed by atoms with van der Waals surface area (Å²) in [5, 5.41) is 0. The molecule has 2 nitrogen and oxygen atoms in total. The molecule has 1 unspecified atom stereocenters. The Morgan fingerprint density at radius 3 is 2.77 bits per heavy atom. The van der Waals surface area contributed by atoms with Gasteiger partial charge in [0.1, 0.15) is 4.60 Å². The Balaban J connectivity index is 2.94. The van der Waals surface area contributed by atoms with E-state index in [2.05, 4.69) is 25.7 Å². The molecule has 0 spiro atoms. The molecule has 1 heterocycles. The lowest BCUT2D eigenvalue weighted by atomic mass is 10.3. The zero-order valence-corrected chi connectivity index (χ0v) is 9.46. The van der Waals surface area contributed by atoms with E-state index in [9.17, 15) is 8.78 Å². The monoisotopic (exact) mass is 269 g/mol. The third-order valence-corrected chi connectivity index (χ3v) is 1.90. The standard InChI is InChI=1S/C7H7BrF2NOP/c1-4-2-5(6(8)11-3-4)12-7(9,10)13/h2-3H,13H2,1H3. The number of pyridine rings is 1. The van der Waals surface area contributed by atoms with E-state index in [4.69, 9.17) is 0 Å². The van der Waals surface area contributed by atoms with Gasteiger partial charge >= 0.3 is 5.85 Å². The molecule has 0 aliphatic heterocycles. The summed E-state index contributed by atoms with van der Waals surface area (Å²) in [7, 11) is 1.30. The van der Waals surface area contributed by atoms with E-state index in [1.54, 1.807) is 13.1 Å². The normalized spacial score (nSPS) is 11.5. The Kier molecular flexibility index (Phi) is 3.19. The number of halogens is 3. The van der Waals surface area contributed by atoms with Crippen LogP contribution in [0.2, 0.25) is 0 Å². The maximum absolute atomic E-state index is 12.4. The summed E-state index contributed by atoms with van der Waals surface area (Å²) in [5.74, 6) is -3.24. The summed E-state index contributed by atoms with van der Waals surface area (Å²) in [4.78, 5) is 3.81. The van der Waals surface area contributed by atoms with Crippen molar-refractivity contribution in [2.24, 2.45) is 0 Å². The molecule has 1 aromatic heterocycles. The van der Waals surface area contributed by atoms with E-state index in [0.29, 0.717) is 0 Å². The zero-order valence-electron chi connectivity index (χ0n) is 6.72. The molecular weight excluding hydrogens is 263 g/mol. The molecule has 72 valence electrons. The molecule has 13 heavy (non-hydrogen) atoms. The van der Waals surface area contributed by atoms with Gasteiger partial charge in [-0.2, -0.15) is 8.78 Å². The molecule has 0 N–H and O–H groups in total. The Bertz CT molecular complexity index is 316. The number of alkyl halides is 2. The number of nitrogens with zero attached hydrogens (tertiary/aromatic N) is 1. The third kappa shape index (κ3) is 3.53. The van der Waals surface area contributed by atoms with Crippen LogP contribution in [-0.2, 0) is 0 Å². The van der Waals surface area contributed by atoms with Gasteiger partial charge in [-0.1, -0.05) is 0 Å². The van der Waals surface area contributed by atoms with E-state index in [0.717, 1.165) is 5.56 Å². The number of rotatable bonds is 2. The van der Waals surface area contributed by atoms with Crippen LogP contribution >= 0.6 is 25.2 Å². The van der Waals surface area contributed by atoms with Gasteiger partial charge in [0, 0.05) is 6.20 Å². The summed E-state index contributed by atoms with van der Waals surface area (Å²) >= 11 is 3.00. The zero-order chi connectivity index (χ0) is 10.1. The quantitative estimate of drug-likeness (QED) is 0.608. The highest BCUT2D eigenvalue weighted by Crippen LogP contribution is 2.31. The highest BCUT2D eigenvalue weighted by Gasteiger charge is 2.24. The maximum Gasteiger partial charge on any atom is 0.408 e. The van der Waals surface area contributed by atoms with Gasteiger partial charge in [0.25, 0.3) is 0 Å². The van der Waals surface area contributed by atoms with E-state index >= 15 is 0 Å². The largest absolute Gasteiger partial charge is 0.427 e. The second-order valence-electron chi connectivity index (χ2n) is 2.47. The lowest BCUT2D eigenvalue weighted by Crippen LogP contribution is -2.15. The van der Waals surface area contributed by atoms with Crippen LogP contribution in [-0.4, -0.2) is 10.8 Å². The average Bonchev–Trinajstić information content (AvgIpc) is 1.94. The van der Waals surface area contributed by atoms with E-state index in [-0.39, 0.29) is 10.4 Å². The van der Waals surface area contributed by atoms with E-state index in [1.165, 1.54) is 15.3 Å². The van der Waals surface area contributed by atoms with E-state index in [1.807, 2.05) is 0 Å². The van der Waals surface area contributed by atoms with Gasteiger partial charge in [0.15, 0.2) is 5.75 Å². The van der Waals surface area contributed by atoms with Crippen LogP contribution in [0, 0.1) is 6.92 Å². The summed E-state index contributed by atoms with van der Waals surface area (Å²) in [6, 6.07) is 1.48. The Morgan fingerprint density at radius 1 is 1.62 bits per heavy atom. The maximum atomic E-state index is 12.4. The molecule has 0 amide bonds. The number of aryl methyl sites for hydroxylation is 1. The number of aromatic nitrogens is 1. The van der Waals surface area contributed by atoms with Crippen LogP contribution in [0.15, 0.2) is 16.9 Å². The fourth-order valence-electron chi connectivity index (χ4n) is 0.744. The lowest BCUT2D eigenvalue weighted by Gasteiger charge is -2.13. The van der Waals surface area contributed by atoms with Gasteiger partial charge in [-0.05, 0) is 43.7 Å². The van der Waals surface area contributed by atoms with Crippen LogP contribution in [0.1, 0.15) is 5.56 Å². The topological polar surface area (TPSA) is 22.1 Å². The van der Waals surface area contributed by atoms with Crippen molar-refractivity contribution in [2.45, 2.75) is 12.8 Å². The number of ether oxygens (including phenoxy) is 1. The first kappa shape index (κ1) is 10.8. The van der Waals surface area contributed by atoms with Crippen molar-refractivity contribution >= 4 is 25.2 Å². The van der Waals surface area contributed by atoms with Gasteiger partial charge in [0.2, 0.25) is 0 Å². The first-order valence-electron chi connectivity index (χ1n) is 3.36. The van der Waals surface area contributed by atoms with Gasteiger partial charge < -0.3 is 4.74 Å². The summed E-state index contributed by atoms with van der Waals surface area (Å²) in [5.41, 5.74) is 0.757. The Hall–Kier alpha value is -0.280. The van der Waals surface area contributed by atoms with Crippen molar-refractivity contribution in [1.82, 2.24) is 4.98 Å². The van der Waals surface area contributed by atoms with Gasteiger partial charge in [0.05, 0.1) is 0 Å². The highest BCUT2D eigenvalue weighted by molar-refractivity contribution is 9.10. The van der Waals surface area contributed by atoms with Crippen LogP contribution in [0.25, 0.3) is 0 Å². The minimum atomic E-state index is -3.27. The molecule has 0 saturated carbocycles. The molecular formula is C7H7BrF2NOP. The first-order chi connectivity index (χ1) is 5.88. The summed E-state index contributed by atoms with van der Waals surface area (Å²) in [6.07, 6.45) is 1.55. The molecule has 6 heteroatoms. The fraction of sp³-hybridized carbons (Fsp3) is 0.286. The second kappa shape index (κ2) is 3.84. The predicted octanol–water partition coefficient (Wildman–Crippen LogP) is 2.96. The van der Waals surface area contributed by atoms with Crippen molar-refractivity contribution in [3.05, 3.63) is 22.4 Å². The molecule has 1 rings (SSSR count). The van der Waals surface area contributed by atoms with E-state index < -0.39 is 5.85 Å². The van der Waals surface area contributed by atoms with Crippen LogP contribution < -0.4 is 4.74 Å². The predicted molar refractivity (Wildman–Crippen MR) is 52.0 cm³/mol. The van der Waals surface area contributed by atoms with Crippen molar-refractivity contribution in [3.8, 4) is 5.75 Å². The molecule has 0 aliphatic carbocycles. The SMILES string of the molecule is Cc1cnc(Br)c(OC(F)(F)P)c1. The molecule has 0 aromatic carbocycles. The van der Waals surface area contributed by atoms with Crippen LogP contribution in [0.5, 0.6) is 5.75 Å². The molecule has 0 fully saturated rings. The van der Waals surface area contributed by atoms with Crippen molar-refractivity contribution in [2.75, 3.05) is 0 Å². The van der Waals surface area contributed by atoms with Crippen LogP contribution in [0.3, 0.4) is 0 Å². The lowest BCUT2D eigenvalue weighted by molar-refractivity contribution is -0.0899. The Morgan fingerprint density at radius 2 is 2.23 bits per heavy atom. The van der Waals surface area contributed by atoms with Crippen molar-refractivity contribution in [3.63, 3.8) is 0 Å². The average molecular weight is 270 g/mol. The fourth-order valence-corrected chi connectivity index (χ4v) is 1.17.